The largest absolute Gasteiger partial charge is 0.250 e. The Morgan fingerprint density at radius 3 is 3.08 bits per heavy atom. The number of aromatic nitrogens is 1. The van der Waals surface area contributed by atoms with Crippen LogP contribution in [0.15, 0.2) is 36.4 Å². The molecule has 60 valence electrons. The minimum absolute atomic E-state index is 0.0220. The second-order valence-electron chi connectivity index (χ2n) is 2.45. The lowest BCUT2D eigenvalue weighted by molar-refractivity contribution is 0.477. The molecule has 0 bridgehead atoms. The highest BCUT2D eigenvalue weighted by molar-refractivity contribution is 5.78. The van der Waals surface area contributed by atoms with Crippen molar-refractivity contribution in [3.63, 3.8) is 0 Å². The lowest BCUT2D eigenvalue weighted by Crippen LogP contribution is -1.85. The zero-order chi connectivity index (χ0) is 10.1. The van der Waals surface area contributed by atoms with E-state index in [1.54, 1.807) is 18.2 Å². The maximum atomic E-state index is 12.7. The van der Waals surface area contributed by atoms with Gasteiger partial charge in [0.25, 0.3) is 0 Å². The Morgan fingerprint density at radius 1 is 1.42 bits per heavy atom. The van der Waals surface area contributed by atoms with Crippen molar-refractivity contribution >= 4 is 10.9 Å². The summed E-state index contributed by atoms with van der Waals surface area (Å²) >= 11 is 0. The molecule has 0 fully saturated rings. The highest BCUT2D eigenvalue weighted by atomic mass is 19.1. The molecule has 1 nitrogen and oxygen atoms in total. The Bertz CT molecular complexity index is 471. The van der Waals surface area contributed by atoms with E-state index in [2.05, 4.69) is 4.98 Å². The van der Waals surface area contributed by atoms with E-state index in [0.29, 0.717) is 5.52 Å². The van der Waals surface area contributed by atoms with Gasteiger partial charge in [-0.25, -0.2) is 4.39 Å². The first-order chi connectivity index (χ1) is 6.68. The number of nitrogens with zero attached hydrogens (tertiary/aromatic N) is 1. The first-order valence-electron chi connectivity index (χ1n) is 4.69. The summed E-state index contributed by atoms with van der Waals surface area (Å²) in [6, 6.07) is 8.67. The standard InChI is InChI=1S/C10H8FN/c11-7-9-6-5-8-3-1-2-4-10(8)12-9/h1-6H,7H2/i6D,7D. The average molecular weight is 163 g/mol. The van der Waals surface area contributed by atoms with Crippen molar-refractivity contribution in [3.8, 4) is 0 Å². The Labute approximate surface area is 72.7 Å². The third-order valence-electron chi connectivity index (χ3n) is 1.66. The van der Waals surface area contributed by atoms with Crippen LogP contribution in [0.25, 0.3) is 10.9 Å². The van der Waals surface area contributed by atoms with Crippen molar-refractivity contribution in [3.05, 3.63) is 42.1 Å². The number of hydrogen-bond donors (Lipinski definition) is 0. The molecule has 2 heteroatoms. The van der Waals surface area contributed by atoms with E-state index >= 15 is 0 Å². The van der Waals surface area contributed by atoms with Crippen molar-refractivity contribution in [2.75, 3.05) is 0 Å². The van der Waals surface area contributed by atoms with Crippen LogP contribution in [0.3, 0.4) is 0 Å². The molecule has 1 aromatic carbocycles. The molecular formula is C10H8FN. The van der Waals surface area contributed by atoms with Crippen molar-refractivity contribution in [2.24, 2.45) is 0 Å². The van der Waals surface area contributed by atoms with Gasteiger partial charge in [-0.2, -0.15) is 0 Å². The van der Waals surface area contributed by atoms with Crippen molar-refractivity contribution in [1.29, 1.82) is 0 Å². The van der Waals surface area contributed by atoms with Crippen molar-refractivity contribution in [2.45, 2.75) is 6.65 Å². The highest BCUT2D eigenvalue weighted by Gasteiger charge is 1.95. The van der Waals surface area contributed by atoms with Gasteiger partial charge < -0.3 is 0 Å². The molecule has 0 saturated heterocycles. The van der Waals surface area contributed by atoms with Gasteiger partial charge in [0.1, 0.15) is 6.65 Å². The summed E-state index contributed by atoms with van der Waals surface area (Å²) in [4.78, 5) is 3.92. The normalized spacial score (nSPS) is 15.4. The summed E-state index contributed by atoms with van der Waals surface area (Å²) in [6.45, 7) is -1.94. The summed E-state index contributed by atoms with van der Waals surface area (Å²) in [6.07, 6.45) is 0. The Hall–Kier alpha value is -1.44. The van der Waals surface area contributed by atoms with Gasteiger partial charge in [0, 0.05) is 5.39 Å². The third-order valence-corrected chi connectivity index (χ3v) is 1.66. The van der Waals surface area contributed by atoms with Gasteiger partial charge in [0.15, 0.2) is 0 Å². The monoisotopic (exact) mass is 163 g/mol. The molecule has 0 saturated carbocycles. The predicted octanol–water partition coefficient (Wildman–Crippen LogP) is 2.70. The predicted molar refractivity (Wildman–Crippen MR) is 46.6 cm³/mol. The smallest absolute Gasteiger partial charge is 0.131 e. The lowest BCUT2D eigenvalue weighted by atomic mass is 10.2. The zero-order valence-corrected chi connectivity index (χ0v) is 6.29. The lowest BCUT2D eigenvalue weighted by Gasteiger charge is -1.97. The number of halogens is 1. The fourth-order valence-electron chi connectivity index (χ4n) is 1.08. The summed E-state index contributed by atoms with van der Waals surface area (Å²) in [5.74, 6) is 0. The van der Waals surface area contributed by atoms with Crippen LogP contribution in [0.1, 0.15) is 8.44 Å². The molecule has 0 spiro atoms. The van der Waals surface area contributed by atoms with Crippen LogP contribution >= 0.6 is 0 Å². The van der Waals surface area contributed by atoms with Gasteiger partial charge in [0.2, 0.25) is 0 Å². The molecule has 0 amide bonds. The van der Waals surface area contributed by atoms with Crippen LogP contribution in [-0.2, 0) is 6.65 Å². The minimum Gasteiger partial charge on any atom is -0.250 e. The second kappa shape index (κ2) is 2.89. The zero-order valence-electron chi connectivity index (χ0n) is 8.29. The molecular weight excluding hydrogens is 153 g/mol. The number of benzene rings is 1. The molecule has 12 heavy (non-hydrogen) atoms. The maximum Gasteiger partial charge on any atom is 0.131 e. The Morgan fingerprint density at radius 2 is 2.25 bits per heavy atom. The summed E-state index contributed by atoms with van der Waals surface area (Å²) in [5.41, 5.74) is 0.497. The molecule has 2 aromatic rings. The Balaban J connectivity index is 2.71. The highest BCUT2D eigenvalue weighted by Crippen LogP contribution is 2.11. The molecule has 1 atom stereocenters. The molecule has 1 heterocycles. The Kier molecular flexibility index (Phi) is 1.27. The summed E-state index contributed by atoms with van der Waals surface area (Å²) in [7, 11) is 0. The van der Waals surface area contributed by atoms with Crippen LogP contribution < -0.4 is 0 Å². The second-order valence-corrected chi connectivity index (χ2v) is 2.45. The molecule has 0 radical (unpaired) electrons. The first-order valence-corrected chi connectivity index (χ1v) is 3.61. The van der Waals surface area contributed by atoms with E-state index in [4.69, 9.17) is 2.74 Å². The number of pyridine rings is 1. The van der Waals surface area contributed by atoms with Gasteiger partial charge in [-0.3, -0.25) is 4.98 Å². The third kappa shape index (κ3) is 1.16. The number of hydrogen-bond acceptors (Lipinski definition) is 1. The fourth-order valence-corrected chi connectivity index (χ4v) is 1.08. The number of rotatable bonds is 1. The van der Waals surface area contributed by atoms with Gasteiger partial charge in [-0.05, 0) is 12.1 Å². The van der Waals surface area contributed by atoms with Crippen molar-refractivity contribution < 1.29 is 7.13 Å². The summed E-state index contributed by atoms with van der Waals surface area (Å²) in [5, 5.41) is 0.793. The molecule has 0 aliphatic rings. The van der Waals surface area contributed by atoms with Crippen molar-refractivity contribution in [1.82, 2.24) is 4.98 Å². The number of alkyl halides is 1. The van der Waals surface area contributed by atoms with Gasteiger partial charge in [-0.15, -0.1) is 0 Å². The van der Waals surface area contributed by atoms with Gasteiger partial charge in [0.05, 0.1) is 14.0 Å². The number of para-hydroxylation sites is 1. The van der Waals surface area contributed by atoms with Crippen LogP contribution in [-0.4, -0.2) is 4.98 Å². The van der Waals surface area contributed by atoms with Gasteiger partial charge >= 0.3 is 0 Å². The van der Waals surface area contributed by atoms with E-state index < -0.39 is 6.65 Å². The van der Waals surface area contributed by atoms with Crippen LogP contribution in [0.2, 0.25) is 0 Å². The van der Waals surface area contributed by atoms with Gasteiger partial charge in [-0.1, -0.05) is 24.3 Å². The van der Waals surface area contributed by atoms with Crippen LogP contribution in [0, 0.1) is 0 Å². The molecule has 0 aliphatic carbocycles. The molecule has 2 rings (SSSR count). The molecule has 1 aromatic heterocycles. The van der Waals surface area contributed by atoms with E-state index in [9.17, 15) is 4.39 Å². The fraction of sp³-hybridized carbons (Fsp3) is 0.100. The maximum absolute atomic E-state index is 12.7. The molecule has 0 aliphatic heterocycles. The van der Waals surface area contributed by atoms with Crippen LogP contribution in [0.4, 0.5) is 4.39 Å². The molecule has 1 unspecified atom stereocenters. The quantitative estimate of drug-likeness (QED) is 0.629. The first kappa shape index (κ1) is 5.25. The topological polar surface area (TPSA) is 12.9 Å². The molecule has 0 N–H and O–H groups in total. The number of fused-ring (bicyclic) bond motifs is 1. The van der Waals surface area contributed by atoms with E-state index in [1.165, 1.54) is 6.07 Å². The SMILES string of the molecule is [2H]c1cc2ccccc2nc1C([2H])F. The summed E-state index contributed by atoms with van der Waals surface area (Å²) < 4.78 is 27.1. The van der Waals surface area contributed by atoms with Crippen LogP contribution in [0.5, 0.6) is 0 Å². The van der Waals surface area contributed by atoms with E-state index in [0.717, 1.165) is 5.39 Å². The van der Waals surface area contributed by atoms with E-state index in [-0.39, 0.29) is 11.7 Å². The minimum atomic E-state index is -1.94. The average Bonchev–Trinajstić information content (AvgIpc) is 2.16. The van der Waals surface area contributed by atoms with E-state index in [1.807, 2.05) is 6.07 Å².